The van der Waals surface area contributed by atoms with Crippen LogP contribution in [0.25, 0.3) is 0 Å². The van der Waals surface area contributed by atoms with Gasteiger partial charge in [-0.1, -0.05) is 19.9 Å². The van der Waals surface area contributed by atoms with E-state index in [1.165, 1.54) is 5.56 Å². The van der Waals surface area contributed by atoms with Gasteiger partial charge in [0, 0.05) is 6.42 Å². The van der Waals surface area contributed by atoms with Crippen LogP contribution in [0.2, 0.25) is 0 Å². The summed E-state index contributed by atoms with van der Waals surface area (Å²) in [6, 6.07) is 6.08. The van der Waals surface area contributed by atoms with Crippen LogP contribution >= 0.6 is 0 Å². The van der Waals surface area contributed by atoms with Crippen LogP contribution < -0.4 is 4.74 Å². The molecule has 1 aliphatic heterocycles. The smallest absolute Gasteiger partial charge is 0.122 e. The molecule has 1 atom stereocenters. The summed E-state index contributed by atoms with van der Waals surface area (Å²) in [7, 11) is 0. The van der Waals surface area contributed by atoms with E-state index in [4.69, 9.17) is 4.74 Å². The van der Waals surface area contributed by atoms with Crippen LogP contribution in [0.1, 0.15) is 44.7 Å². The summed E-state index contributed by atoms with van der Waals surface area (Å²) in [6.07, 6.45) is 2.81. The van der Waals surface area contributed by atoms with Gasteiger partial charge in [0.2, 0.25) is 0 Å². The third kappa shape index (κ3) is 2.81. The number of ether oxygens (including phenoxy) is 1. The molecular formula is C15H22O2. The number of fused-ring (bicyclic) bond motifs is 1. The SMILES string of the molecule is CC(C)CCC(C)(O)c1ccc2c(c1)CCO2. The average molecular weight is 234 g/mol. The molecule has 0 fully saturated rings. The lowest BCUT2D eigenvalue weighted by atomic mass is 9.87. The molecule has 1 aromatic carbocycles. The Morgan fingerprint density at radius 3 is 2.88 bits per heavy atom. The van der Waals surface area contributed by atoms with Crippen LogP contribution in [0.5, 0.6) is 5.75 Å². The minimum Gasteiger partial charge on any atom is -0.493 e. The summed E-state index contributed by atoms with van der Waals surface area (Å²) in [5.74, 6) is 1.60. The Hall–Kier alpha value is -1.02. The van der Waals surface area contributed by atoms with Crippen LogP contribution in [0.3, 0.4) is 0 Å². The van der Waals surface area contributed by atoms with Gasteiger partial charge < -0.3 is 9.84 Å². The summed E-state index contributed by atoms with van der Waals surface area (Å²) in [6.45, 7) is 7.05. The number of benzene rings is 1. The molecule has 2 heteroatoms. The maximum Gasteiger partial charge on any atom is 0.122 e. The molecule has 1 aromatic rings. The Bertz CT molecular complexity index is 394. The minimum absolute atomic E-state index is 0.624. The molecule has 17 heavy (non-hydrogen) atoms. The van der Waals surface area contributed by atoms with Gasteiger partial charge in [-0.25, -0.2) is 0 Å². The second-order valence-electron chi connectivity index (χ2n) is 5.63. The fourth-order valence-electron chi connectivity index (χ4n) is 2.24. The van der Waals surface area contributed by atoms with Gasteiger partial charge in [0.25, 0.3) is 0 Å². The van der Waals surface area contributed by atoms with E-state index in [2.05, 4.69) is 19.9 Å². The van der Waals surface area contributed by atoms with Gasteiger partial charge in [0.05, 0.1) is 12.2 Å². The predicted molar refractivity (Wildman–Crippen MR) is 69.3 cm³/mol. The van der Waals surface area contributed by atoms with Gasteiger partial charge >= 0.3 is 0 Å². The fourth-order valence-corrected chi connectivity index (χ4v) is 2.24. The standard InChI is InChI=1S/C15H22O2/c1-11(2)6-8-15(3,16)13-4-5-14-12(10-13)7-9-17-14/h4-5,10-11,16H,6-9H2,1-3H3. The molecule has 0 aromatic heterocycles. The lowest BCUT2D eigenvalue weighted by Crippen LogP contribution is -2.21. The topological polar surface area (TPSA) is 29.5 Å². The molecular weight excluding hydrogens is 212 g/mol. The zero-order valence-electron chi connectivity index (χ0n) is 11.0. The van der Waals surface area contributed by atoms with E-state index in [1.54, 1.807) is 0 Å². The molecule has 0 aliphatic carbocycles. The summed E-state index contributed by atoms with van der Waals surface area (Å²) >= 11 is 0. The van der Waals surface area contributed by atoms with Gasteiger partial charge in [-0.2, -0.15) is 0 Å². The molecule has 0 radical (unpaired) electrons. The zero-order valence-corrected chi connectivity index (χ0v) is 11.0. The number of rotatable bonds is 4. The normalized spacial score (nSPS) is 17.7. The maximum absolute atomic E-state index is 10.5. The van der Waals surface area contributed by atoms with E-state index in [-0.39, 0.29) is 0 Å². The molecule has 1 aliphatic rings. The van der Waals surface area contributed by atoms with Crippen molar-refractivity contribution >= 4 is 0 Å². The molecule has 0 saturated carbocycles. The molecule has 0 bridgehead atoms. The van der Waals surface area contributed by atoms with Crippen molar-refractivity contribution in [1.29, 1.82) is 0 Å². The van der Waals surface area contributed by atoms with Crippen LogP contribution in [0, 0.1) is 5.92 Å². The van der Waals surface area contributed by atoms with Gasteiger partial charge in [-0.15, -0.1) is 0 Å². The van der Waals surface area contributed by atoms with Gasteiger partial charge in [-0.05, 0) is 48.9 Å². The van der Waals surface area contributed by atoms with E-state index in [0.29, 0.717) is 5.92 Å². The lowest BCUT2D eigenvalue weighted by molar-refractivity contribution is 0.0420. The van der Waals surface area contributed by atoms with Crippen molar-refractivity contribution in [2.45, 2.75) is 45.6 Å². The summed E-state index contributed by atoms with van der Waals surface area (Å²) in [5.41, 5.74) is 1.52. The summed E-state index contributed by atoms with van der Waals surface area (Å²) < 4.78 is 5.48. The second-order valence-corrected chi connectivity index (χ2v) is 5.63. The number of hydrogen-bond donors (Lipinski definition) is 1. The fraction of sp³-hybridized carbons (Fsp3) is 0.600. The van der Waals surface area contributed by atoms with Crippen molar-refractivity contribution < 1.29 is 9.84 Å². The van der Waals surface area contributed by atoms with E-state index in [9.17, 15) is 5.11 Å². The zero-order chi connectivity index (χ0) is 12.5. The highest BCUT2D eigenvalue weighted by Crippen LogP contribution is 2.33. The average Bonchev–Trinajstić information content (AvgIpc) is 2.73. The van der Waals surface area contributed by atoms with Crippen molar-refractivity contribution in [2.24, 2.45) is 5.92 Å². The molecule has 1 N–H and O–H groups in total. The van der Waals surface area contributed by atoms with E-state index in [0.717, 1.165) is 37.2 Å². The van der Waals surface area contributed by atoms with Crippen molar-refractivity contribution in [2.75, 3.05) is 6.61 Å². The monoisotopic (exact) mass is 234 g/mol. The first-order valence-corrected chi connectivity index (χ1v) is 6.47. The minimum atomic E-state index is -0.720. The molecule has 2 nitrogen and oxygen atoms in total. The predicted octanol–water partition coefficient (Wildman–Crippen LogP) is 3.27. The number of hydrogen-bond acceptors (Lipinski definition) is 2. The van der Waals surface area contributed by atoms with Crippen molar-refractivity contribution in [3.05, 3.63) is 29.3 Å². The molecule has 0 amide bonds. The first-order valence-electron chi connectivity index (χ1n) is 6.47. The Morgan fingerprint density at radius 1 is 1.41 bits per heavy atom. The molecule has 0 saturated heterocycles. The molecule has 0 spiro atoms. The summed E-state index contributed by atoms with van der Waals surface area (Å²) in [4.78, 5) is 0. The van der Waals surface area contributed by atoms with E-state index < -0.39 is 5.60 Å². The van der Waals surface area contributed by atoms with Gasteiger partial charge in [0.1, 0.15) is 5.75 Å². The Labute approximate surface area is 104 Å². The number of aliphatic hydroxyl groups is 1. The highest BCUT2D eigenvalue weighted by atomic mass is 16.5. The Balaban J connectivity index is 2.15. The van der Waals surface area contributed by atoms with Crippen molar-refractivity contribution in [1.82, 2.24) is 0 Å². The van der Waals surface area contributed by atoms with E-state index in [1.807, 2.05) is 19.1 Å². The lowest BCUT2D eigenvalue weighted by Gasteiger charge is -2.25. The third-order valence-electron chi connectivity index (χ3n) is 3.52. The second kappa shape index (κ2) is 4.69. The quantitative estimate of drug-likeness (QED) is 0.866. The van der Waals surface area contributed by atoms with Crippen LogP contribution in [0.15, 0.2) is 18.2 Å². The Kier molecular flexibility index (Phi) is 3.43. The summed E-state index contributed by atoms with van der Waals surface area (Å²) in [5, 5.41) is 10.5. The highest BCUT2D eigenvalue weighted by molar-refractivity contribution is 5.41. The van der Waals surface area contributed by atoms with Crippen LogP contribution in [0.4, 0.5) is 0 Å². The maximum atomic E-state index is 10.5. The first kappa shape index (κ1) is 12.4. The highest BCUT2D eigenvalue weighted by Gasteiger charge is 2.25. The van der Waals surface area contributed by atoms with Gasteiger partial charge in [0.15, 0.2) is 0 Å². The van der Waals surface area contributed by atoms with Crippen LogP contribution in [-0.4, -0.2) is 11.7 Å². The van der Waals surface area contributed by atoms with Crippen molar-refractivity contribution in [3.8, 4) is 5.75 Å². The molecule has 1 heterocycles. The largest absolute Gasteiger partial charge is 0.493 e. The Morgan fingerprint density at radius 2 is 2.18 bits per heavy atom. The van der Waals surface area contributed by atoms with E-state index >= 15 is 0 Å². The van der Waals surface area contributed by atoms with Gasteiger partial charge in [-0.3, -0.25) is 0 Å². The third-order valence-corrected chi connectivity index (χ3v) is 3.52. The first-order chi connectivity index (χ1) is 7.99. The molecule has 1 unspecified atom stereocenters. The van der Waals surface area contributed by atoms with Crippen molar-refractivity contribution in [3.63, 3.8) is 0 Å². The molecule has 2 rings (SSSR count). The van der Waals surface area contributed by atoms with Crippen LogP contribution in [-0.2, 0) is 12.0 Å². The molecule has 94 valence electrons.